The van der Waals surface area contributed by atoms with E-state index >= 15 is 0 Å². The molecule has 1 aromatic heterocycles. The summed E-state index contributed by atoms with van der Waals surface area (Å²) in [6.45, 7) is 2.57. The molecule has 0 aliphatic heterocycles. The number of nitrogens with zero attached hydrogens (tertiary/aromatic N) is 3. The average Bonchev–Trinajstić information content (AvgIpc) is 2.76. The van der Waals surface area contributed by atoms with Gasteiger partial charge in [0.15, 0.2) is 0 Å². The molecule has 0 fully saturated rings. The molecule has 0 aliphatic carbocycles. The highest BCUT2D eigenvalue weighted by molar-refractivity contribution is 6.32. The molecule has 0 saturated carbocycles. The normalized spacial score (nSPS) is 12.1. The molecule has 0 saturated heterocycles. The van der Waals surface area contributed by atoms with Crippen molar-refractivity contribution in [3.05, 3.63) is 41.0 Å². The van der Waals surface area contributed by atoms with Crippen LogP contribution in [0.3, 0.4) is 0 Å². The van der Waals surface area contributed by atoms with E-state index in [1.807, 2.05) is 29.8 Å². The molecule has 0 radical (unpaired) electrons. The van der Waals surface area contributed by atoms with E-state index in [9.17, 15) is 0 Å². The van der Waals surface area contributed by atoms with Crippen molar-refractivity contribution in [2.75, 3.05) is 0 Å². The molecule has 5 heteroatoms. The summed E-state index contributed by atoms with van der Waals surface area (Å²) in [6, 6.07) is 9.31. The Labute approximate surface area is 111 Å². The number of aromatic nitrogens is 2. The smallest absolute Gasteiger partial charge is 0.101 e. The maximum atomic E-state index is 8.84. The fourth-order valence-electron chi connectivity index (χ4n) is 1.76. The molecule has 0 spiro atoms. The van der Waals surface area contributed by atoms with Crippen molar-refractivity contribution in [1.82, 2.24) is 9.78 Å². The molecule has 2 N–H and O–H groups in total. The fraction of sp³-hybridized carbons (Fsp3) is 0.231. The number of hydrogen-bond donors (Lipinski definition) is 1. The summed E-state index contributed by atoms with van der Waals surface area (Å²) in [5.74, 6) is 0. The summed E-state index contributed by atoms with van der Waals surface area (Å²) >= 11 is 6.03. The van der Waals surface area contributed by atoms with Gasteiger partial charge in [0.25, 0.3) is 0 Å². The van der Waals surface area contributed by atoms with Crippen LogP contribution in [0.5, 0.6) is 0 Å². The lowest BCUT2D eigenvalue weighted by Crippen LogP contribution is -2.23. The van der Waals surface area contributed by atoms with Crippen molar-refractivity contribution in [1.29, 1.82) is 5.26 Å². The van der Waals surface area contributed by atoms with E-state index in [0.717, 1.165) is 11.3 Å². The summed E-state index contributed by atoms with van der Waals surface area (Å²) in [7, 11) is 0. The lowest BCUT2D eigenvalue weighted by Gasteiger charge is -2.10. The number of benzene rings is 1. The number of halogens is 1. The zero-order valence-electron chi connectivity index (χ0n) is 9.97. The van der Waals surface area contributed by atoms with E-state index in [1.165, 1.54) is 0 Å². The van der Waals surface area contributed by atoms with Crippen molar-refractivity contribution < 1.29 is 0 Å². The summed E-state index contributed by atoms with van der Waals surface area (Å²) in [5.41, 5.74) is 8.12. The van der Waals surface area contributed by atoms with Crippen LogP contribution in [0.15, 0.2) is 30.5 Å². The minimum absolute atomic E-state index is 0.0255. The summed E-state index contributed by atoms with van der Waals surface area (Å²) in [4.78, 5) is 0. The minimum atomic E-state index is 0.0255. The Bertz CT molecular complexity index is 595. The van der Waals surface area contributed by atoms with Crippen LogP contribution >= 0.6 is 11.6 Å². The van der Waals surface area contributed by atoms with E-state index in [0.29, 0.717) is 17.1 Å². The van der Waals surface area contributed by atoms with E-state index in [-0.39, 0.29) is 6.04 Å². The van der Waals surface area contributed by atoms with Gasteiger partial charge in [-0.15, -0.1) is 0 Å². The largest absolute Gasteiger partial charge is 0.326 e. The fourth-order valence-corrected chi connectivity index (χ4v) is 1.98. The first-order chi connectivity index (χ1) is 8.61. The molecule has 1 unspecified atom stereocenters. The molecule has 4 nitrogen and oxygen atoms in total. The molecule has 1 atom stereocenters. The Kier molecular flexibility index (Phi) is 3.66. The number of nitriles is 1. The molecular weight excluding hydrogens is 248 g/mol. The Hall–Kier alpha value is -1.83. The van der Waals surface area contributed by atoms with Crippen LogP contribution in [0, 0.1) is 11.3 Å². The quantitative estimate of drug-likeness (QED) is 0.922. The lowest BCUT2D eigenvalue weighted by molar-refractivity contribution is 0.543. The van der Waals surface area contributed by atoms with Gasteiger partial charge in [0, 0.05) is 17.8 Å². The minimum Gasteiger partial charge on any atom is -0.326 e. The Morgan fingerprint density at radius 3 is 2.89 bits per heavy atom. The van der Waals surface area contributed by atoms with Gasteiger partial charge in [-0.05, 0) is 25.1 Å². The second-order valence-electron chi connectivity index (χ2n) is 4.18. The van der Waals surface area contributed by atoms with Crippen LogP contribution in [0.1, 0.15) is 12.5 Å². The van der Waals surface area contributed by atoms with Gasteiger partial charge in [-0.2, -0.15) is 10.4 Å². The van der Waals surface area contributed by atoms with E-state index in [1.54, 1.807) is 18.3 Å². The zero-order valence-corrected chi connectivity index (χ0v) is 10.7. The van der Waals surface area contributed by atoms with Crippen molar-refractivity contribution in [2.24, 2.45) is 5.73 Å². The van der Waals surface area contributed by atoms with Crippen LogP contribution < -0.4 is 5.73 Å². The maximum absolute atomic E-state index is 8.84. The van der Waals surface area contributed by atoms with E-state index in [4.69, 9.17) is 22.6 Å². The Balaban J connectivity index is 2.40. The summed E-state index contributed by atoms with van der Waals surface area (Å²) in [5, 5.41) is 13.5. The van der Waals surface area contributed by atoms with Gasteiger partial charge in [-0.25, -0.2) is 0 Å². The first kappa shape index (κ1) is 12.6. The first-order valence-corrected chi connectivity index (χ1v) is 5.97. The molecule has 2 aromatic rings. The molecule has 0 aliphatic rings. The predicted octanol–water partition coefficient (Wildman–Crippen LogP) is 2.42. The molecule has 1 heterocycles. The van der Waals surface area contributed by atoms with Gasteiger partial charge in [0.1, 0.15) is 6.07 Å². The van der Waals surface area contributed by atoms with Crippen molar-refractivity contribution in [3.63, 3.8) is 0 Å². The van der Waals surface area contributed by atoms with Crippen molar-refractivity contribution in [3.8, 4) is 17.3 Å². The molecular formula is C13H13ClN4. The van der Waals surface area contributed by atoms with E-state index < -0.39 is 0 Å². The Morgan fingerprint density at radius 1 is 1.50 bits per heavy atom. The first-order valence-electron chi connectivity index (χ1n) is 5.59. The average molecular weight is 261 g/mol. The second-order valence-corrected chi connectivity index (χ2v) is 4.59. The van der Waals surface area contributed by atoms with Crippen LogP contribution in [-0.4, -0.2) is 15.8 Å². The van der Waals surface area contributed by atoms with Gasteiger partial charge >= 0.3 is 0 Å². The third-order valence-electron chi connectivity index (χ3n) is 2.56. The van der Waals surface area contributed by atoms with Gasteiger partial charge in [-0.1, -0.05) is 17.7 Å². The predicted molar refractivity (Wildman–Crippen MR) is 71.0 cm³/mol. The highest BCUT2D eigenvalue weighted by Crippen LogP contribution is 2.25. The topological polar surface area (TPSA) is 67.6 Å². The van der Waals surface area contributed by atoms with E-state index in [2.05, 4.69) is 5.10 Å². The number of rotatable bonds is 3. The Morgan fingerprint density at radius 2 is 2.28 bits per heavy atom. The monoisotopic (exact) mass is 260 g/mol. The third-order valence-corrected chi connectivity index (χ3v) is 2.88. The molecule has 0 amide bonds. The summed E-state index contributed by atoms with van der Waals surface area (Å²) in [6.07, 6.45) is 1.73. The van der Waals surface area contributed by atoms with Crippen molar-refractivity contribution in [2.45, 2.75) is 19.5 Å². The number of hydrogen-bond acceptors (Lipinski definition) is 3. The molecule has 92 valence electrons. The molecule has 1 aromatic carbocycles. The molecule has 18 heavy (non-hydrogen) atoms. The SMILES string of the molecule is CC(N)Cn1nccc1-c1ccc(C#N)c(Cl)c1. The van der Waals surface area contributed by atoms with Gasteiger partial charge in [0.05, 0.1) is 22.8 Å². The molecule has 0 bridgehead atoms. The van der Waals surface area contributed by atoms with Crippen LogP contribution in [0.4, 0.5) is 0 Å². The lowest BCUT2D eigenvalue weighted by atomic mass is 10.1. The van der Waals surface area contributed by atoms with Crippen LogP contribution in [-0.2, 0) is 6.54 Å². The third kappa shape index (κ3) is 2.53. The zero-order chi connectivity index (χ0) is 13.1. The maximum Gasteiger partial charge on any atom is 0.101 e. The van der Waals surface area contributed by atoms with Gasteiger partial charge < -0.3 is 5.73 Å². The van der Waals surface area contributed by atoms with Gasteiger partial charge in [0.2, 0.25) is 0 Å². The van der Waals surface area contributed by atoms with Crippen molar-refractivity contribution >= 4 is 11.6 Å². The van der Waals surface area contributed by atoms with Crippen LogP contribution in [0.25, 0.3) is 11.3 Å². The van der Waals surface area contributed by atoms with Gasteiger partial charge in [-0.3, -0.25) is 4.68 Å². The standard InChI is InChI=1S/C13H13ClN4/c1-9(16)8-18-13(4-5-17-18)10-2-3-11(7-15)12(14)6-10/h2-6,9H,8,16H2,1H3. The number of nitrogens with two attached hydrogens (primary N) is 1. The summed E-state index contributed by atoms with van der Waals surface area (Å²) < 4.78 is 1.84. The second kappa shape index (κ2) is 5.21. The molecule has 2 rings (SSSR count). The van der Waals surface area contributed by atoms with Crippen LogP contribution in [0.2, 0.25) is 5.02 Å². The highest BCUT2D eigenvalue weighted by Gasteiger charge is 2.09. The highest BCUT2D eigenvalue weighted by atomic mass is 35.5.